The Kier molecular flexibility index (Phi) is 4.94. The van der Waals surface area contributed by atoms with Gasteiger partial charge in [0.1, 0.15) is 11.6 Å². The zero-order valence-electron chi connectivity index (χ0n) is 15.7. The van der Waals surface area contributed by atoms with E-state index < -0.39 is 0 Å². The van der Waals surface area contributed by atoms with Gasteiger partial charge in [-0.05, 0) is 37.3 Å². The first-order chi connectivity index (χ1) is 12.5. The molecule has 0 fully saturated rings. The first-order valence-corrected chi connectivity index (χ1v) is 11.0. The predicted octanol–water partition coefficient (Wildman–Crippen LogP) is 4.56. The average Bonchev–Trinajstić information content (AvgIpc) is 3.32. The van der Waals surface area contributed by atoms with Gasteiger partial charge in [-0.2, -0.15) is 0 Å². The molecule has 7 heteroatoms. The quantitative estimate of drug-likeness (QED) is 0.697. The molecule has 0 bridgehead atoms. The normalized spacial score (nSPS) is 18.3. The summed E-state index contributed by atoms with van der Waals surface area (Å²) in [6, 6.07) is 3.06. The fraction of sp³-hybridized carbons (Fsp3) is 0.526. The van der Waals surface area contributed by atoms with E-state index in [0.717, 1.165) is 41.7 Å². The summed E-state index contributed by atoms with van der Waals surface area (Å²) in [6.07, 6.45) is 2.11. The molecule has 0 spiro atoms. The zero-order valence-corrected chi connectivity index (χ0v) is 17.3. The van der Waals surface area contributed by atoms with Crippen LogP contribution in [0.3, 0.4) is 0 Å². The number of aromatic nitrogens is 4. The fourth-order valence-electron chi connectivity index (χ4n) is 3.55. The number of nitrogens with zero attached hydrogens (tertiary/aromatic N) is 4. The summed E-state index contributed by atoms with van der Waals surface area (Å²) in [5, 5.41) is 18.1. The number of thiophene rings is 1. The van der Waals surface area contributed by atoms with E-state index in [1.807, 2.05) is 0 Å². The molecule has 0 aromatic carbocycles. The Labute approximate surface area is 162 Å². The SMILES string of the molecule is Cc1nc(-c2cc(C(C)NC3CCc4nnc(C(C)C)n4C3)cs2)cs1. The lowest BCUT2D eigenvalue weighted by Crippen LogP contribution is -2.39. The summed E-state index contributed by atoms with van der Waals surface area (Å²) >= 11 is 3.49. The van der Waals surface area contributed by atoms with Crippen LogP contribution in [0.2, 0.25) is 0 Å². The van der Waals surface area contributed by atoms with E-state index in [9.17, 15) is 0 Å². The van der Waals surface area contributed by atoms with Gasteiger partial charge in [-0.15, -0.1) is 32.9 Å². The van der Waals surface area contributed by atoms with Gasteiger partial charge in [-0.3, -0.25) is 0 Å². The fourth-order valence-corrected chi connectivity index (χ4v) is 5.20. The van der Waals surface area contributed by atoms with Crippen molar-refractivity contribution in [3.05, 3.63) is 39.0 Å². The van der Waals surface area contributed by atoms with Gasteiger partial charge < -0.3 is 9.88 Å². The summed E-state index contributed by atoms with van der Waals surface area (Å²) in [5.41, 5.74) is 2.44. The van der Waals surface area contributed by atoms with Crippen LogP contribution in [0.5, 0.6) is 0 Å². The number of nitrogens with one attached hydrogen (secondary N) is 1. The van der Waals surface area contributed by atoms with Crippen molar-refractivity contribution in [2.24, 2.45) is 0 Å². The van der Waals surface area contributed by atoms with Crippen LogP contribution in [0.1, 0.15) is 61.4 Å². The lowest BCUT2D eigenvalue weighted by atomic mass is 10.0. The van der Waals surface area contributed by atoms with Gasteiger partial charge in [0.25, 0.3) is 0 Å². The summed E-state index contributed by atoms with van der Waals surface area (Å²) in [4.78, 5) is 5.86. The minimum atomic E-state index is 0.324. The summed E-state index contributed by atoms with van der Waals surface area (Å²) < 4.78 is 2.32. The molecule has 0 saturated carbocycles. The van der Waals surface area contributed by atoms with Crippen molar-refractivity contribution in [1.29, 1.82) is 0 Å². The summed E-state index contributed by atoms with van der Waals surface area (Å²) in [7, 11) is 0. The molecule has 3 aromatic rings. The van der Waals surface area contributed by atoms with E-state index in [1.165, 1.54) is 10.4 Å². The van der Waals surface area contributed by atoms with Gasteiger partial charge in [-0.25, -0.2) is 4.98 Å². The molecule has 3 aromatic heterocycles. The first kappa shape index (κ1) is 17.8. The van der Waals surface area contributed by atoms with Gasteiger partial charge in [0.2, 0.25) is 0 Å². The largest absolute Gasteiger partial charge is 0.313 e. The molecule has 0 radical (unpaired) electrons. The van der Waals surface area contributed by atoms with Gasteiger partial charge in [0.15, 0.2) is 0 Å². The maximum Gasteiger partial charge on any atom is 0.135 e. The van der Waals surface area contributed by atoms with Crippen molar-refractivity contribution in [3.63, 3.8) is 0 Å². The molecule has 0 aliphatic carbocycles. The van der Waals surface area contributed by atoms with E-state index >= 15 is 0 Å². The Hall–Kier alpha value is -1.57. The second-order valence-corrected chi connectivity index (χ2v) is 9.33. The third kappa shape index (κ3) is 3.48. The molecule has 2 unspecified atom stereocenters. The van der Waals surface area contributed by atoms with Crippen molar-refractivity contribution in [3.8, 4) is 10.6 Å². The van der Waals surface area contributed by atoms with Crippen LogP contribution in [-0.2, 0) is 13.0 Å². The van der Waals surface area contributed by atoms with Crippen molar-refractivity contribution in [1.82, 2.24) is 25.1 Å². The maximum atomic E-state index is 4.61. The number of hydrogen-bond acceptors (Lipinski definition) is 6. The highest BCUT2D eigenvalue weighted by atomic mass is 32.1. The Balaban J connectivity index is 1.45. The van der Waals surface area contributed by atoms with Gasteiger partial charge >= 0.3 is 0 Å². The predicted molar refractivity (Wildman–Crippen MR) is 108 cm³/mol. The van der Waals surface area contributed by atoms with Crippen LogP contribution < -0.4 is 5.32 Å². The molecular formula is C19H25N5S2. The molecule has 26 heavy (non-hydrogen) atoms. The summed E-state index contributed by atoms with van der Waals surface area (Å²) in [5.74, 6) is 2.65. The van der Waals surface area contributed by atoms with Gasteiger partial charge in [-0.1, -0.05) is 13.8 Å². The highest BCUT2D eigenvalue weighted by Crippen LogP contribution is 2.31. The molecule has 2 atom stereocenters. The number of hydrogen-bond donors (Lipinski definition) is 1. The number of fused-ring (bicyclic) bond motifs is 1. The lowest BCUT2D eigenvalue weighted by molar-refractivity contribution is 0.345. The minimum Gasteiger partial charge on any atom is -0.313 e. The van der Waals surface area contributed by atoms with Crippen molar-refractivity contribution in [2.45, 2.75) is 65.1 Å². The van der Waals surface area contributed by atoms with Gasteiger partial charge in [0.05, 0.1) is 15.6 Å². The maximum absolute atomic E-state index is 4.61. The van der Waals surface area contributed by atoms with Crippen LogP contribution in [0, 0.1) is 6.92 Å². The molecule has 1 aliphatic heterocycles. The standard InChI is InChI=1S/C19H25N5S2/c1-11(2)19-23-22-18-6-5-15(8-24(18)19)20-12(3)14-7-17(26-9-14)16-10-25-13(4)21-16/h7,9-12,15,20H,5-6,8H2,1-4H3. The van der Waals surface area contributed by atoms with Crippen molar-refractivity contribution >= 4 is 22.7 Å². The monoisotopic (exact) mass is 387 g/mol. The third-order valence-electron chi connectivity index (χ3n) is 4.97. The van der Waals surface area contributed by atoms with Crippen LogP contribution in [0.4, 0.5) is 0 Å². The Bertz CT molecular complexity index is 892. The molecule has 0 amide bonds. The second-order valence-electron chi connectivity index (χ2n) is 7.36. The van der Waals surface area contributed by atoms with E-state index in [1.54, 1.807) is 22.7 Å². The molecule has 138 valence electrons. The number of thiazole rings is 1. The van der Waals surface area contributed by atoms with E-state index in [0.29, 0.717) is 18.0 Å². The zero-order chi connectivity index (χ0) is 18.3. The molecular weight excluding hydrogens is 362 g/mol. The van der Waals surface area contributed by atoms with E-state index in [-0.39, 0.29) is 0 Å². The van der Waals surface area contributed by atoms with Gasteiger partial charge in [0, 0.05) is 36.3 Å². The van der Waals surface area contributed by atoms with Crippen LogP contribution in [0.15, 0.2) is 16.8 Å². The van der Waals surface area contributed by atoms with Crippen LogP contribution >= 0.6 is 22.7 Å². The first-order valence-electron chi connectivity index (χ1n) is 9.20. The average molecular weight is 388 g/mol. The molecule has 5 nitrogen and oxygen atoms in total. The molecule has 4 rings (SSSR count). The van der Waals surface area contributed by atoms with Crippen molar-refractivity contribution < 1.29 is 0 Å². The van der Waals surface area contributed by atoms with Crippen molar-refractivity contribution in [2.75, 3.05) is 0 Å². The third-order valence-corrected chi connectivity index (χ3v) is 6.71. The Morgan fingerprint density at radius 1 is 1.19 bits per heavy atom. The van der Waals surface area contributed by atoms with Crippen LogP contribution in [-0.4, -0.2) is 25.8 Å². The minimum absolute atomic E-state index is 0.324. The molecule has 1 aliphatic rings. The molecule has 1 N–H and O–H groups in total. The Morgan fingerprint density at radius 3 is 2.77 bits per heavy atom. The molecule has 0 saturated heterocycles. The Morgan fingerprint density at radius 2 is 2.04 bits per heavy atom. The van der Waals surface area contributed by atoms with Crippen LogP contribution in [0.25, 0.3) is 10.6 Å². The van der Waals surface area contributed by atoms with E-state index in [4.69, 9.17) is 0 Å². The number of rotatable bonds is 5. The highest BCUT2D eigenvalue weighted by Gasteiger charge is 2.25. The molecule has 4 heterocycles. The topological polar surface area (TPSA) is 55.6 Å². The highest BCUT2D eigenvalue weighted by molar-refractivity contribution is 7.14. The number of aryl methyl sites for hydroxylation is 2. The smallest absolute Gasteiger partial charge is 0.135 e. The second kappa shape index (κ2) is 7.21. The summed E-state index contributed by atoms with van der Waals surface area (Å²) in [6.45, 7) is 9.64. The van der Waals surface area contributed by atoms with E-state index in [2.05, 4.69) is 69.6 Å². The lowest BCUT2D eigenvalue weighted by Gasteiger charge is -2.28.